The summed E-state index contributed by atoms with van der Waals surface area (Å²) in [4.78, 5) is 30.5. The second kappa shape index (κ2) is 8.51. The molecular weight excluding hydrogens is 322 g/mol. The van der Waals surface area contributed by atoms with Gasteiger partial charge in [-0.25, -0.2) is 10.7 Å². The maximum Gasteiger partial charge on any atom is 0.330 e. The predicted octanol–water partition coefficient (Wildman–Crippen LogP) is -1.32. The molecule has 1 aliphatic heterocycles. The lowest BCUT2D eigenvalue weighted by molar-refractivity contribution is -0.0880. The summed E-state index contributed by atoms with van der Waals surface area (Å²) < 4.78 is 23.6. The maximum atomic E-state index is 12.2. The standard InChI is InChI=1S/C14H23N3O7/c1-8-6-17(14(19)16-12(8)18)13-11(22-4-5-23-15)10(21-3)9(24-13)7-20-2/h6,9-11,13H,4-5,7,15H2,1-3H3,(H,16,18,19)/t9-,10-,11-,13-/m1/s1. The Bertz CT molecular complexity index is 644. The molecule has 0 spiro atoms. The molecule has 2 rings (SSSR count). The Morgan fingerprint density at radius 1 is 1.29 bits per heavy atom. The predicted molar refractivity (Wildman–Crippen MR) is 82.5 cm³/mol. The lowest BCUT2D eigenvalue weighted by Crippen LogP contribution is -2.41. The minimum atomic E-state index is -0.782. The van der Waals surface area contributed by atoms with Gasteiger partial charge in [-0.05, 0) is 6.92 Å². The van der Waals surface area contributed by atoms with Gasteiger partial charge in [-0.1, -0.05) is 0 Å². The van der Waals surface area contributed by atoms with Crippen LogP contribution in [0, 0.1) is 6.92 Å². The minimum absolute atomic E-state index is 0.175. The molecule has 0 bridgehead atoms. The van der Waals surface area contributed by atoms with Crippen LogP contribution in [0.3, 0.4) is 0 Å². The van der Waals surface area contributed by atoms with E-state index in [-0.39, 0.29) is 19.8 Å². The van der Waals surface area contributed by atoms with Gasteiger partial charge in [0.05, 0.1) is 19.8 Å². The van der Waals surface area contributed by atoms with E-state index in [1.807, 2.05) is 0 Å². The summed E-state index contributed by atoms with van der Waals surface area (Å²) in [5, 5.41) is 0. The highest BCUT2D eigenvalue weighted by Crippen LogP contribution is 2.32. The fourth-order valence-corrected chi connectivity index (χ4v) is 2.70. The Hall–Kier alpha value is -1.56. The lowest BCUT2D eigenvalue weighted by Gasteiger charge is -2.24. The number of nitrogens with zero attached hydrogens (tertiary/aromatic N) is 1. The number of rotatable bonds is 8. The number of ether oxygens (including phenoxy) is 4. The molecule has 0 radical (unpaired) electrons. The molecule has 1 aliphatic rings. The van der Waals surface area contributed by atoms with Crippen molar-refractivity contribution in [3.05, 3.63) is 32.6 Å². The van der Waals surface area contributed by atoms with Gasteiger partial charge in [-0.2, -0.15) is 0 Å². The first-order valence-electron chi connectivity index (χ1n) is 7.46. The fraction of sp³-hybridized carbons (Fsp3) is 0.714. The molecule has 3 N–H and O–H groups in total. The van der Waals surface area contributed by atoms with E-state index in [1.54, 1.807) is 6.92 Å². The molecule has 1 saturated heterocycles. The number of nitrogens with one attached hydrogen (secondary N) is 1. The van der Waals surface area contributed by atoms with E-state index in [2.05, 4.69) is 9.82 Å². The number of aryl methyl sites for hydroxylation is 1. The third-order valence-electron chi connectivity index (χ3n) is 3.82. The number of H-pyrrole nitrogens is 1. The molecule has 4 atom stereocenters. The Labute approximate surface area is 138 Å². The van der Waals surface area contributed by atoms with Crippen LogP contribution in [0.25, 0.3) is 0 Å². The first kappa shape index (κ1) is 18.8. The summed E-state index contributed by atoms with van der Waals surface area (Å²) in [6.45, 7) is 2.23. The topological polar surface area (TPSA) is 127 Å². The highest BCUT2D eigenvalue weighted by molar-refractivity contribution is 5.03. The second-order valence-electron chi connectivity index (χ2n) is 5.41. The van der Waals surface area contributed by atoms with E-state index in [0.29, 0.717) is 5.56 Å². The van der Waals surface area contributed by atoms with Gasteiger partial charge in [0, 0.05) is 26.0 Å². The Morgan fingerprint density at radius 3 is 2.67 bits per heavy atom. The first-order chi connectivity index (χ1) is 11.5. The van der Waals surface area contributed by atoms with Gasteiger partial charge in [0.1, 0.15) is 18.3 Å². The zero-order chi connectivity index (χ0) is 17.7. The van der Waals surface area contributed by atoms with Gasteiger partial charge >= 0.3 is 5.69 Å². The van der Waals surface area contributed by atoms with Crippen molar-refractivity contribution in [1.29, 1.82) is 0 Å². The number of aromatic nitrogens is 2. The van der Waals surface area contributed by atoms with Crippen LogP contribution in [-0.4, -0.2) is 61.9 Å². The molecule has 0 aliphatic carbocycles. The fourth-order valence-electron chi connectivity index (χ4n) is 2.70. The van der Waals surface area contributed by atoms with Gasteiger partial charge < -0.3 is 23.8 Å². The zero-order valence-corrected chi connectivity index (χ0v) is 13.9. The van der Waals surface area contributed by atoms with E-state index in [9.17, 15) is 9.59 Å². The number of hydrogen-bond acceptors (Lipinski definition) is 8. The molecule has 1 aromatic rings. The molecule has 1 aromatic heterocycles. The van der Waals surface area contributed by atoms with Crippen LogP contribution >= 0.6 is 0 Å². The smallest absolute Gasteiger partial charge is 0.330 e. The molecular formula is C14H23N3O7. The number of aromatic amines is 1. The highest BCUT2D eigenvalue weighted by Gasteiger charge is 2.47. The zero-order valence-electron chi connectivity index (χ0n) is 13.9. The monoisotopic (exact) mass is 345 g/mol. The van der Waals surface area contributed by atoms with Crippen molar-refractivity contribution >= 4 is 0 Å². The average molecular weight is 345 g/mol. The van der Waals surface area contributed by atoms with Gasteiger partial charge in [-0.15, -0.1) is 0 Å². The summed E-state index contributed by atoms with van der Waals surface area (Å²) in [7, 11) is 3.06. The van der Waals surface area contributed by atoms with Crippen LogP contribution in [0.4, 0.5) is 0 Å². The second-order valence-corrected chi connectivity index (χ2v) is 5.41. The third kappa shape index (κ3) is 3.91. The van der Waals surface area contributed by atoms with Crippen molar-refractivity contribution in [1.82, 2.24) is 9.55 Å². The Balaban J connectivity index is 2.35. The number of hydrogen-bond donors (Lipinski definition) is 2. The van der Waals surface area contributed by atoms with Crippen LogP contribution in [0.1, 0.15) is 11.8 Å². The summed E-state index contributed by atoms with van der Waals surface area (Å²) in [6, 6.07) is 0. The number of methoxy groups -OCH3 is 2. The Morgan fingerprint density at radius 2 is 2.04 bits per heavy atom. The van der Waals surface area contributed by atoms with E-state index < -0.39 is 35.8 Å². The molecule has 10 nitrogen and oxygen atoms in total. The molecule has 0 unspecified atom stereocenters. The van der Waals surface area contributed by atoms with Crippen LogP contribution in [-0.2, 0) is 23.8 Å². The largest absolute Gasteiger partial charge is 0.382 e. The van der Waals surface area contributed by atoms with E-state index >= 15 is 0 Å². The van der Waals surface area contributed by atoms with E-state index in [4.69, 9.17) is 24.8 Å². The van der Waals surface area contributed by atoms with Gasteiger partial charge in [-0.3, -0.25) is 14.3 Å². The molecule has 2 heterocycles. The molecule has 24 heavy (non-hydrogen) atoms. The summed E-state index contributed by atoms with van der Waals surface area (Å²) in [5.74, 6) is 5.00. The van der Waals surface area contributed by atoms with Crippen LogP contribution in [0.2, 0.25) is 0 Å². The Kier molecular flexibility index (Phi) is 6.66. The van der Waals surface area contributed by atoms with Crippen LogP contribution in [0.15, 0.2) is 15.8 Å². The van der Waals surface area contributed by atoms with Crippen molar-refractivity contribution < 1.29 is 23.8 Å². The average Bonchev–Trinajstić information content (AvgIpc) is 2.89. The first-order valence-corrected chi connectivity index (χ1v) is 7.46. The highest BCUT2D eigenvalue weighted by atomic mass is 16.6. The minimum Gasteiger partial charge on any atom is -0.382 e. The maximum absolute atomic E-state index is 12.2. The van der Waals surface area contributed by atoms with Crippen molar-refractivity contribution in [2.45, 2.75) is 31.5 Å². The van der Waals surface area contributed by atoms with Crippen LogP contribution < -0.4 is 17.1 Å². The third-order valence-corrected chi connectivity index (χ3v) is 3.82. The van der Waals surface area contributed by atoms with Gasteiger partial charge in [0.25, 0.3) is 5.56 Å². The summed E-state index contributed by atoms with van der Waals surface area (Å²) >= 11 is 0. The van der Waals surface area contributed by atoms with Crippen molar-refractivity contribution in [3.8, 4) is 0 Å². The SMILES string of the molecule is COC[C@H]1O[C@@H](n2cc(C)c(=O)[nH]c2=O)[C@H](OCCON)[C@@H]1OC. The summed E-state index contributed by atoms with van der Waals surface area (Å²) in [6.07, 6.45) is -0.854. The normalized spacial score (nSPS) is 26.8. The molecule has 0 saturated carbocycles. The van der Waals surface area contributed by atoms with E-state index in [1.165, 1.54) is 25.0 Å². The summed E-state index contributed by atoms with van der Waals surface area (Å²) in [5.41, 5.74) is -0.654. The molecule has 0 aromatic carbocycles. The quantitative estimate of drug-likeness (QED) is 0.439. The molecule has 136 valence electrons. The molecule has 10 heteroatoms. The molecule has 1 fully saturated rings. The number of nitrogens with two attached hydrogens (primary N) is 1. The van der Waals surface area contributed by atoms with Crippen molar-refractivity contribution in [2.75, 3.05) is 34.0 Å². The van der Waals surface area contributed by atoms with Crippen LogP contribution in [0.5, 0.6) is 0 Å². The lowest BCUT2D eigenvalue weighted by atomic mass is 10.1. The van der Waals surface area contributed by atoms with Crippen molar-refractivity contribution in [2.24, 2.45) is 5.90 Å². The molecule has 0 amide bonds. The van der Waals surface area contributed by atoms with E-state index in [0.717, 1.165) is 0 Å². The van der Waals surface area contributed by atoms with Gasteiger partial charge in [0.2, 0.25) is 0 Å². The van der Waals surface area contributed by atoms with Crippen molar-refractivity contribution in [3.63, 3.8) is 0 Å². The van der Waals surface area contributed by atoms with Gasteiger partial charge in [0.15, 0.2) is 6.23 Å².